The van der Waals surface area contributed by atoms with Crippen molar-refractivity contribution in [2.75, 3.05) is 23.8 Å². The lowest BCUT2D eigenvalue weighted by Crippen LogP contribution is -2.18. The van der Waals surface area contributed by atoms with Crippen molar-refractivity contribution in [3.05, 3.63) is 35.3 Å². The van der Waals surface area contributed by atoms with Crippen molar-refractivity contribution in [1.29, 1.82) is 0 Å². The Morgan fingerprint density at radius 1 is 1.38 bits per heavy atom. The summed E-state index contributed by atoms with van der Waals surface area (Å²) in [6.07, 6.45) is 2.41. The average molecular weight is 343 g/mol. The van der Waals surface area contributed by atoms with Gasteiger partial charge >= 0.3 is 0 Å². The van der Waals surface area contributed by atoms with Gasteiger partial charge in [0.15, 0.2) is 5.13 Å². The molecule has 3 heterocycles. The molecule has 1 aliphatic rings. The Balaban J connectivity index is 1.39. The maximum atomic E-state index is 12.3. The van der Waals surface area contributed by atoms with Crippen LogP contribution in [0.5, 0.6) is 0 Å². The van der Waals surface area contributed by atoms with Crippen molar-refractivity contribution < 1.29 is 9.53 Å². The van der Waals surface area contributed by atoms with Gasteiger partial charge in [0.05, 0.1) is 17.1 Å². The molecule has 8 heteroatoms. The maximum Gasteiger partial charge on any atom is 0.277 e. The van der Waals surface area contributed by atoms with Crippen molar-refractivity contribution in [1.82, 2.24) is 15.0 Å². The predicted molar refractivity (Wildman–Crippen MR) is 93.6 cm³/mol. The third-order valence-corrected chi connectivity index (χ3v) is 4.66. The average Bonchev–Trinajstić information content (AvgIpc) is 3.32. The van der Waals surface area contributed by atoms with E-state index in [0.717, 1.165) is 42.2 Å². The number of nitrogens with zero attached hydrogens (tertiary/aromatic N) is 2. The number of H-pyrrole nitrogens is 1. The van der Waals surface area contributed by atoms with Crippen LogP contribution < -0.4 is 10.6 Å². The number of carbonyl (C=O) groups is 1. The SMILES string of the molecule is O=C(Nc1nc2ccccc2[nH]1)c1csc(NC[C@@H]2CCCO2)n1. The zero-order valence-corrected chi connectivity index (χ0v) is 13.7. The number of rotatable bonds is 5. The van der Waals surface area contributed by atoms with Crippen LogP contribution >= 0.6 is 11.3 Å². The number of thiazole rings is 1. The Morgan fingerprint density at radius 3 is 3.12 bits per heavy atom. The maximum absolute atomic E-state index is 12.3. The molecule has 1 fully saturated rings. The number of hydrogen-bond donors (Lipinski definition) is 3. The number of imidazole rings is 1. The number of aromatic amines is 1. The molecular weight excluding hydrogens is 326 g/mol. The van der Waals surface area contributed by atoms with Crippen LogP contribution in [0.2, 0.25) is 0 Å². The minimum atomic E-state index is -0.282. The van der Waals surface area contributed by atoms with E-state index in [9.17, 15) is 4.79 Å². The molecule has 2 aromatic heterocycles. The molecule has 1 amide bonds. The van der Waals surface area contributed by atoms with E-state index in [1.807, 2.05) is 24.3 Å². The smallest absolute Gasteiger partial charge is 0.277 e. The largest absolute Gasteiger partial charge is 0.376 e. The number of amides is 1. The lowest BCUT2D eigenvalue weighted by Gasteiger charge is -2.09. The van der Waals surface area contributed by atoms with Gasteiger partial charge in [0.25, 0.3) is 5.91 Å². The molecule has 0 saturated carbocycles. The van der Waals surface area contributed by atoms with E-state index in [2.05, 4.69) is 25.6 Å². The normalized spacial score (nSPS) is 17.2. The van der Waals surface area contributed by atoms with Crippen LogP contribution in [-0.2, 0) is 4.74 Å². The van der Waals surface area contributed by atoms with Gasteiger partial charge < -0.3 is 15.0 Å². The Hall–Kier alpha value is -2.45. The highest BCUT2D eigenvalue weighted by molar-refractivity contribution is 7.13. The van der Waals surface area contributed by atoms with Crippen molar-refractivity contribution in [2.45, 2.75) is 18.9 Å². The summed E-state index contributed by atoms with van der Waals surface area (Å²) >= 11 is 1.41. The number of carbonyl (C=O) groups excluding carboxylic acids is 1. The van der Waals surface area contributed by atoms with Crippen molar-refractivity contribution in [2.24, 2.45) is 0 Å². The van der Waals surface area contributed by atoms with Crippen LogP contribution in [0.25, 0.3) is 11.0 Å². The standard InChI is InChI=1S/C16H17N5O2S/c22-14(21-15-18-11-5-1-2-6-12(11)19-15)13-9-24-16(20-13)17-8-10-4-3-7-23-10/h1-2,5-6,9-10H,3-4,7-8H2,(H,17,20)(H2,18,19,21,22)/t10-/m0/s1. The molecule has 7 nitrogen and oxygen atoms in total. The fraction of sp³-hybridized carbons (Fsp3) is 0.312. The van der Waals surface area contributed by atoms with E-state index in [0.29, 0.717) is 11.6 Å². The number of benzene rings is 1. The molecule has 1 aliphatic heterocycles. The second-order valence-corrected chi connectivity index (χ2v) is 6.47. The van der Waals surface area contributed by atoms with E-state index in [1.165, 1.54) is 11.3 Å². The summed E-state index contributed by atoms with van der Waals surface area (Å²) in [6.45, 7) is 1.55. The minimum absolute atomic E-state index is 0.238. The third kappa shape index (κ3) is 3.24. The van der Waals surface area contributed by atoms with Gasteiger partial charge in [-0.1, -0.05) is 12.1 Å². The molecule has 0 aliphatic carbocycles. The monoisotopic (exact) mass is 343 g/mol. The van der Waals surface area contributed by atoms with Crippen LogP contribution in [-0.4, -0.2) is 40.1 Å². The van der Waals surface area contributed by atoms with Crippen molar-refractivity contribution in [3.8, 4) is 0 Å². The molecule has 0 bridgehead atoms. The summed E-state index contributed by atoms with van der Waals surface area (Å²) in [7, 11) is 0. The molecule has 1 atom stereocenters. The number of anilines is 2. The van der Waals surface area contributed by atoms with Crippen LogP contribution in [0.15, 0.2) is 29.6 Å². The molecule has 3 N–H and O–H groups in total. The molecular formula is C16H17N5O2S. The Bertz CT molecular complexity index is 820. The second kappa shape index (κ2) is 6.58. The number of fused-ring (bicyclic) bond motifs is 1. The van der Waals surface area contributed by atoms with Gasteiger partial charge in [-0.2, -0.15) is 0 Å². The van der Waals surface area contributed by atoms with Gasteiger partial charge in [0.1, 0.15) is 5.69 Å². The Morgan fingerprint density at radius 2 is 2.29 bits per heavy atom. The number of ether oxygens (including phenoxy) is 1. The summed E-state index contributed by atoms with van der Waals surface area (Å²) in [4.78, 5) is 24.0. The van der Waals surface area contributed by atoms with Gasteiger partial charge in [0, 0.05) is 18.5 Å². The molecule has 3 aromatic rings. The third-order valence-electron chi connectivity index (χ3n) is 3.86. The summed E-state index contributed by atoms with van der Waals surface area (Å²) in [6, 6.07) is 7.62. The number of aromatic nitrogens is 3. The van der Waals surface area contributed by atoms with Crippen LogP contribution in [0, 0.1) is 0 Å². The topological polar surface area (TPSA) is 91.9 Å². The van der Waals surface area contributed by atoms with E-state index < -0.39 is 0 Å². The molecule has 24 heavy (non-hydrogen) atoms. The zero-order chi connectivity index (χ0) is 16.4. The van der Waals surface area contributed by atoms with Crippen molar-refractivity contribution in [3.63, 3.8) is 0 Å². The first kappa shape index (κ1) is 15.1. The summed E-state index contributed by atoms with van der Waals surface area (Å²) in [5.74, 6) is 0.138. The molecule has 1 saturated heterocycles. The van der Waals surface area contributed by atoms with E-state index >= 15 is 0 Å². The lowest BCUT2D eigenvalue weighted by atomic mass is 10.2. The molecule has 0 unspecified atom stereocenters. The number of hydrogen-bond acceptors (Lipinski definition) is 6. The predicted octanol–water partition coefficient (Wildman–Crippen LogP) is 2.86. The molecule has 1 aromatic carbocycles. The highest BCUT2D eigenvalue weighted by atomic mass is 32.1. The van der Waals surface area contributed by atoms with E-state index in [4.69, 9.17) is 4.74 Å². The first-order valence-corrected chi connectivity index (χ1v) is 8.73. The first-order chi connectivity index (χ1) is 11.8. The van der Waals surface area contributed by atoms with Crippen molar-refractivity contribution >= 4 is 39.4 Å². The van der Waals surface area contributed by atoms with Crippen LogP contribution in [0.3, 0.4) is 0 Å². The number of para-hydroxylation sites is 2. The summed E-state index contributed by atoms with van der Waals surface area (Å²) < 4.78 is 5.56. The van der Waals surface area contributed by atoms with Gasteiger partial charge in [-0.05, 0) is 25.0 Å². The van der Waals surface area contributed by atoms with Gasteiger partial charge in [-0.25, -0.2) is 9.97 Å². The Kier molecular flexibility index (Phi) is 4.14. The van der Waals surface area contributed by atoms with Crippen LogP contribution in [0.4, 0.5) is 11.1 Å². The fourth-order valence-corrected chi connectivity index (χ4v) is 3.35. The highest BCUT2D eigenvalue weighted by Gasteiger charge is 2.17. The highest BCUT2D eigenvalue weighted by Crippen LogP contribution is 2.19. The lowest BCUT2D eigenvalue weighted by molar-refractivity contribution is 0.102. The fourth-order valence-electron chi connectivity index (χ4n) is 2.65. The first-order valence-electron chi connectivity index (χ1n) is 7.85. The molecule has 0 radical (unpaired) electrons. The minimum Gasteiger partial charge on any atom is -0.376 e. The van der Waals surface area contributed by atoms with E-state index in [1.54, 1.807) is 5.38 Å². The van der Waals surface area contributed by atoms with Gasteiger partial charge in [0.2, 0.25) is 5.95 Å². The quantitative estimate of drug-likeness (QED) is 0.662. The van der Waals surface area contributed by atoms with Gasteiger partial charge in [-0.15, -0.1) is 11.3 Å². The zero-order valence-electron chi connectivity index (χ0n) is 12.9. The second-order valence-electron chi connectivity index (χ2n) is 5.61. The summed E-state index contributed by atoms with van der Waals surface area (Å²) in [5, 5.41) is 8.42. The van der Waals surface area contributed by atoms with Crippen LogP contribution in [0.1, 0.15) is 23.3 Å². The molecule has 4 rings (SSSR count). The van der Waals surface area contributed by atoms with Gasteiger partial charge in [-0.3, -0.25) is 10.1 Å². The van der Waals surface area contributed by atoms with E-state index in [-0.39, 0.29) is 12.0 Å². The number of nitrogens with one attached hydrogen (secondary N) is 3. The molecule has 0 spiro atoms. The summed E-state index contributed by atoms with van der Waals surface area (Å²) in [5.41, 5.74) is 2.06. The molecule has 124 valence electrons. The Labute approximate surface area is 142 Å².